The normalized spacial score (nSPS) is 10.1. The zero-order chi connectivity index (χ0) is 12.8. The quantitative estimate of drug-likeness (QED) is 0.845. The number of hydrogen-bond acceptors (Lipinski definition) is 4. The molecule has 0 aromatic carbocycles. The Kier molecular flexibility index (Phi) is 4.87. The number of amides is 1. The first-order valence-electron chi connectivity index (χ1n) is 5.93. The molecule has 1 aromatic heterocycles. The molecule has 0 aliphatic rings. The lowest BCUT2D eigenvalue weighted by molar-refractivity contribution is 0.0796. The van der Waals surface area contributed by atoms with Crippen molar-refractivity contribution in [2.75, 3.05) is 25.5 Å². The highest BCUT2D eigenvalue weighted by Gasteiger charge is 2.13. The number of hydrogen-bond donors (Lipinski definition) is 1. The van der Waals surface area contributed by atoms with E-state index < -0.39 is 0 Å². The van der Waals surface area contributed by atoms with Crippen LogP contribution in [0, 0.1) is 6.92 Å². The highest BCUT2D eigenvalue weighted by Crippen LogP contribution is 2.07. The van der Waals surface area contributed by atoms with Crippen molar-refractivity contribution in [1.29, 1.82) is 0 Å². The number of nitrogens with one attached hydrogen (secondary N) is 1. The molecule has 5 nitrogen and oxygen atoms in total. The van der Waals surface area contributed by atoms with Gasteiger partial charge >= 0.3 is 0 Å². The molecule has 0 aliphatic heterocycles. The van der Waals surface area contributed by atoms with Crippen molar-refractivity contribution in [2.24, 2.45) is 0 Å². The Morgan fingerprint density at radius 3 is 2.71 bits per heavy atom. The molecule has 0 bridgehead atoms. The predicted molar refractivity (Wildman–Crippen MR) is 68.2 cm³/mol. The van der Waals surface area contributed by atoms with Gasteiger partial charge in [-0.1, -0.05) is 6.92 Å². The van der Waals surface area contributed by atoms with E-state index in [-0.39, 0.29) is 5.91 Å². The van der Waals surface area contributed by atoms with Gasteiger partial charge in [0, 0.05) is 25.8 Å². The minimum absolute atomic E-state index is 0.0717. The van der Waals surface area contributed by atoms with Gasteiger partial charge in [-0.2, -0.15) is 0 Å². The van der Waals surface area contributed by atoms with E-state index >= 15 is 0 Å². The molecule has 17 heavy (non-hydrogen) atoms. The topological polar surface area (TPSA) is 58.1 Å². The van der Waals surface area contributed by atoms with Crippen LogP contribution >= 0.6 is 0 Å². The van der Waals surface area contributed by atoms with Gasteiger partial charge in [-0.3, -0.25) is 4.79 Å². The number of anilines is 1. The van der Waals surface area contributed by atoms with E-state index in [2.05, 4.69) is 22.2 Å². The third kappa shape index (κ3) is 3.69. The maximum absolute atomic E-state index is 12.0. The SMILES string of the molecule is CCCNc1nc(C)cc(C(=O)N(C)CC)n1. The highest BCUT2D eigenvalue weighted by molar-refractivity contribution is 5.92. The Bertz CT molecular complexity index is 392. The van der Waals surface area contributed by atoms with Gasteiger partial charge in [0.05, 0.1) is 0 Å². The summed E-state index contributed by atoms with van der Waals surface area (Å²) < 4.78 is 0. The van der Waals surface area contributed by atoms with Crippen LogP contribution in [0.15, 0.2) is 6.07 Å². The summed E-state index contributed by atoms with van der Waals surface area (Å²) in [6.07, 6.45) is 0.995. The summed E-state index contributed by atoms with van der Waals surface area (Å²) in [6, 6.07) is 1.71. The zero-order valence-corrected chi connectivity index (χ0v) is 10.9. The maximum Gasteiger partial charge on any atom is 0.272 e. The van der Waals surface area contributed by atoms with Crippen LogP contribution in [-0.2, 0) is 0 Å². The number of rotatable bonds is 5. The molecular weight excluding hydrogens is 216 g/mol. The molecule has 1 rings (SSSR count). The molecule has 0 saturated heterocycles. The lowest BCUT2D eigenvalue weighted by Crippen LogP contribution is -2.27. The fourth-order valence-corrected chi connectivity index (χ4v) is 1.33. The third-order valence-corrected chi connectivity index (χ3v) is 2.43. The molecule has 0 spiro atoms. The lowest BCUT2D eigenvalue weighted by atomic mass is 10.3. The smallest absolute Gasteiger partial charge is 0.272 e. The molecule has 1 amide bonds. The van der Waals surface area contributed by atoms with Crippen LogP contribution in [0.4, 0.5) is 5.95 Å². The molecule has 0 radical (unpaired) electrons. The van der Waals surface area contributed by atoms with E-state index in [0.29, 0.717) is 18.2 Å². The minimum atomic E-state index is -0.0717. The average molecular weight is 236 g/mol. The van der Waals surface area contributed by atoms with Crippen molar-refractivity contribution in [3.63, 3.8) is 0 Å². The summed E-state index contributed by atoms with van der Waals surface area (Å²) in [5, 5.41) is 3.09. The average Bonchev–Trinajstić information content (AvgIpc) is 2.33. The van der Waals surface area contributed by atoms with Crippen LogP contribution in [0.5, 0.6) is 0 Å². The summed E-state index contributed by atoms with van der Waals surface area (Å²) in [7, 11) is 1.76. The van der Waals surface area contributed by atoms with Crippen LogP contribution in [0.2, 0.25) is 0 Å². The fourth-order valence-electron chi connectivity index (χ4n) is 1.33. The molecule has 0 saturated carbocycles. The third-order valence-electron chi connectivity index (χ3n) is 2.43. The summed E-state index contributed by atoms with van der Waals surface area (Å²) in [5.74, 6) is 0.456. The molecule has 0 aliphatic carbocycles. The maximum atomic E-state index is 12.0. The zero-order valence-electron chi connectivity index (χ0n) is 10.9. The number of aryl methyl sites for hydroxylation is 1. The summed E-state index contributed by atoms with van der Waals surface area (Å²) in [5.41, 5.74) is 1.24. The van der Waals surface area contributed by atoms with Crippen LogP contribution in [0.1, 0.15) is 36.5 Å². The Morgan fingerprint density at radius 1 is 1.41 bits per heavy atom. The molecule has 1 N–H and O–H groups in total. The van der Waals surface area contributed by atoms with E-state index in [1.54, 1.807) is 18.0 Å². The van der Waals surface area contributed by atoms with Crippen LogP contribution in [0.25, 0.3) is 0 Å². The van der Waals surface area contributed by atoms with Crippen molar-refractivity contribution in [3.8, 4) is 0 Å². The fraction of sp³-hybridized carbons (Fsp3) is 0.583. The first kappa shape index (κ1) is 13.4. The van der Waals surface area contributed by atoms with Crippen LogP contribution < -0.4 is 5.32 Å². The lowest BCUT2D eigenvalue weighted by Gasteiger charge is -2.14. The van der Waals surface area contributed by atoms with E-state index in [9.17, 15) is 4.79 Å². The molecule has 0 atom stereocenters. The highest BCUT2D eigenvalue weighted by atomic mass is 16.2. The molecule has 0 fully saturated rings. The molecule has 5 heteroatoms. The first-order valence-corrected chi connectivity index (χ1v) is 5.93. The van der Waals surface area contributed by atoms with Gasteiger partial charge in [-0.15, -0.1) is 0 Å². The minimum Gasteiger partial charge on any atom is -0.354 e. The molecule has 1 aromatic rings. The van der Waals surface area contributed by atoms with Gasteiger partial charge < -0.3 is 10.2 Å². The molecule has 0 unspecified atom stereocenters. The van der Waals surface area contributed by atoms with E-state index in [1.165, 1.54) is 0 Å². The Morgan fingerprint density at radius 2 is 2.12 bits per heavy atom. The van der Waals surface area contributed by atoms with Gasteiger partial charge in [-0.05, 0) is 26.3 Å². The van der Waals surface area contributed by atoms with Crippen molar-refractivity contribution in [2.45, 2.75) is 27.2 Å². The molecule has 1 heterocycles. The van der Waals surface area contributed by atoms with E-state index in [1.807, 2.05) is 13.8 Å². The van der Waals surface area contributed by atoms with Gasteiger partial charge in [0.2, 0.25) is 5.95 Å². The molecular formula is C12H20N4O. The van der Waals surface area contributed by atoms with E-state index in [4.69, 9.17) is 0 Å². The van der Waals surface area contributed by atoms with Crippen LogP contribution in [-0.4, -0.2) is 40.9 Å². The monoisotopic (exact) mass is 236 g/mol. The Hall–Kier alpha value is -1.65. The summed E-state index contributed by atoms with van der Waals surface area (Å²) >= 11 is 0. The van der Waals surface area contributed by atoms with Crippen LogP contribution in [0.3, 0.4) is 0 Å². The van der Waals surface area contributed by atoms with Crippen molar-refractivity contribution < 1.29 is 4.79 Å². The Labute approximate surface area is 102 Å². The summed E-state index contributed by atoms with van der Waals surface area (Å²) in [4.78, 5) is 22.1. The number of nitrogens with zero attached hydrogens (tertiary/aromatic N) is 3. The number of aromatic nitrogens is 2. The number of carbonyl (C=O) groups is 1. The van der Waals surface area contributed by atoms with Crippen molar-refractivity contribution >= 4 is 11.9 Å². The Balaban J connectivity index is 2.92. The van der Waals surface area contributed by atoms with Crippen molar-refractivity contribution in [3.05, 3.63) is 17.5 Å². The van der Waals surface area contributed by atoms with Gasteiger partial charge in [0.15, 0.2) is 0 Å². The first-order chi connectivity index (χ1) is 8.08. The second kappa shape index (κ2) is 6.18. The van der Waals surface area contributed by atoms with Gasteiger partial charge in [0.25, 0.3) is 5.91 Å². The predicted octanol–water partition coefficient (Wildman–Crippen LogP) is 1.70. The second-order valence-electron chi connectivity index (χ2n) is 3.96. The van der Waals surface area contributed by atoms with Gasteiger partial charge in [0.1, 0.15) is 5.69 Å². The standard InChI is InChI=1S/C12H20N4O/c1-5-7-13-12-14-9(3)8-10(15-12)11(17)16(4)6-2/h8H,5-7H2,1-4H3,(H,13,14,15). The summed E-state index contributed by atoms with van der Waals surface area (Å²) in [6.45, 7) is 7.34. The second-order valence-corrected chi connectivity index (χ2v) is 3.96. The van der Waals surface area contributed by atoms with Gasteiger partial charge in [-0.25, -0.2) is 9.97 Å². The van der Waals surface area contributed by atoms with Crippen molar-refractivity contribution in [1.82, 2.24) is 14.9 Å². The largest absolute Gasteiger partial charge is 0.354 e. The van der Waals surface area contributed by atoms with E-state index in [0.717, 1.165) is 18.7 Å². The molecule has 94 valence electrons. The number of carbonyl (C=O) groups excluding carboxylic acids is 1.